The Labute approximate surface area is 106 Å². The molecule has 1 atom stereocenters. The van der Waals surface area contributed by atoms with Crippen LogP contribution in [0, 0.1) is 0 Å². The molecule has 1 aromatic rings. The van der Waals surface area contributed by atoms with Crippen LogP contribution in [0.3, 0.4) is 0 Å². The smallest absolute Gasteiger partial charge is 0.345 e. The zero-order chi connectivity index (χ0) is 12.3. The second kappa shape index (κ2) is 5.54. The van der Waals surface area contributed by atoms with Gasteiger partial charge < -0.3 is 10.0 Å². The number of thiophene rings is 1. The summed E-state index contributed by atoms with van der Waals surface area (Å²) in [5, 5.41) is 11.0. The zero-order valence-corrected chi connectivity index (χ0v) is 11.0. The highest BCUT2D eigenvalue weighted by molar-refractivity contribution is 7.12. The molecule has 0 amide bonds. The van der Waals surface area contributed by atoms with Crippen molar-refractivity contribution in [1.29, 1.82) is 0 Å². The summed E-state index contributed by atoms with van der Waals surface area (Å²) in [6.07, 6.45) is 6.18. The first-order valence-electron chi connectivity index (χ1n) is 6.31. The van der Waals surface area contributed by atoms with Crippen LogP contribution in [-0.4, -0.2) is 23.7 Å². The number of rotatable bonds is 3. The van der Waals surface area contributed by atoms with E-state index >= 15 is 0 Å². The van der Waals surface area contributed by atoms with E-state index in [9.17, 15) is 4.79 Å². The molecule has 1 unspecified atom stereocenters. The number of carboxylic acids is 1. The minimum Gasteiger partial charge on any atom is -0.477 e. The summed E-state index contributed by atoms with van der Waals surface area (Å²) in [4.78, 5) is 13.8. The van der Waals surface area contributed by atoms with E-state index in [4.69, 9.17) is 5.11 Å². The minimum absolute atomic E-state index is 0.444. The van der Waals surface area contributed by atoms with Crippen molar-refractivity contribution in [2.24, 2.45) is 0 Å². The van der Waals surface area contributed by atoms with Crippen molar-refractivity contribution in [2.45, 2.75) is 45.1 Å². The number of anilines is 1. The van der Waals surface area contributed by atoms with Crippen LogP contribution >= 0.6 is 11.3 Å². The molecule has 4 heteroatoms. The molecular weight excluding hydrogens is 234 g/mol. The van der Waals surface area contributed by atoms with Crippen LogP contribution in [0.2, 0.25) is 0 Å². The number of nitrogens with zero attached hydrogens (tertiary/aromatic N) is 1. The lowest BCUT2D eigenvalue weighted by Gasteiger charge is -2.30. The molecule has 1 N–H and O–H groups in total. The third-order valence-electron chi connectivity index (χ3n) is 3.48. The number of hydrogen-bond donors (Lipinski definition) is 1. The quantitative estimate of drug-likeness (QED) is 0.894. The van der Waals surface area contributed by atoms with Crippen molar-refractivity contribution in [3.05, 3.63) is 16.3 Å². The molecule has 1 aliphatic rings. The summed E-state index contributed by atoms with van der Waals surface area (Å²) in [5.41, 5.74) is 1.10. The van der Waals surface area contributed by atoms with Gasteiger partial charge >= 0.3 is 5.97 Å². The van der Waals surface area contributed by atoms with Gasteiger partial charge in [0.1, 0.15) is 4.88 Å². The molecular formula is C13H19NO2S. The van der Waals surface area contributed by atoms with Crippen molar-refractivity contribution in [3.8, 4) is 0 Å². The Morgan fingerprint density at radius 3 is 3.00 bits per heavy atom. The maximum atomic E-state index is 10.9. The van der Waals surface area contributed by atoms with Gasteiger partial charge in [-0.25, -0.2) is 4.79 Å². The molecule has 1 aromatic heterocycles. The maximum absolute atomic E-state index is 10.9. The Morgan fingerprint density at radius 2 is 2.35 bits per heavy atom. The largest absolute Gasteiger partial charge is 0.477 e. The van der Waals surface area contributed by atoms with Gasteiger partial charge in [0.15, 0.2) is 0 Å². The van der Waals surface area contributed by atoms with E-state index in [1.165, 1.54) is 37.0 Å². The normalized spacial score (nSPS) is 21.2. The van der Waals surface area contributed by atoms with Gasteiger partial charge in [-0.15, -0.1) is 11.3 Å². The summed E-state index contributed by atoms with van der Waals surface area (Å²) in [6, 6.07) is 2.40. The molecule has 0 saturated carbocycles. The van der Waals surface area contributed by atoms with Crippen LogP contribution in [0.1, 0.15) is 48.7 Å². The molecule has 0 radical (unpaired) electrons. The third-order valence-corrected chi connectivity index (χ3v) is 4.38. The Kier molecular flexibility index (Phi) is 4.05. The first-order chi connectivity index (χ1) is 8.22. The van der Waals surface area contributed by atoms with Crippen molar-refractivity contribution >= 4 is 23.0 Å². The SMILES string of the molecule is CCC1CCCCCN1c1csc(C(=O)O)c1. The molecule has 2 heterocycles. The first-order valence-corrected chi connectivity index (χ1v) is 7.18. The van der Waals surface area contributed by atoms with E-state index < -0.39 is 5.97 Å². The summed E-state index contributed by atoms with van der Waals surface area (Å²) >= 11 is 1.33. The summed E-state index contributed by atoms with van der Waals surface area (Å²) in [5.74, 6) is -0.816. The topological polar surface area (TPSA) is 40.5 Å². The predicted octanol–water partition coefficient (Wildman–Crippen LogP) is 3.61. The van der Waals surface area contributed by atoms with E-state index in [0.717, 1.165) is 18.7 Å². The molecule has 0 aromatic carbocycles. The fourth-order valence-corrected chi connectivity index (χ4v) is 3.27. The molecule has 1 aliphatic heterocycles. The van der Waals surface area contributed by atoms with Gasteiger partial charge in [0.2, 0.25) is 0 Å². The van der Waals surface area contributed by atoms with Gasteiger partial charge in [0, 0.05) is 23.7 Å². The van der Waals surface area contributed by atoms with Crippen LogP contribution < -0.4 is 4.90 Å². The first kappa shape index (κ1) is 12.4. The van der Waals surface area contributed by atoms with Gasteiger partial charge in [-0.1, -0.05) is 19.8 Å². The van der Waals surface area contributed by atoms with Crippen LogP contribution in [0.5, 0.6) is 0 Å². The van der Waals surface area contributed by atoms with Crippen LogP contribution in [0.4, 0.5) is 5.69 Å². The Balaban J connectivity index is 2.19. The van der Waals surface area contributed by atoms with E-state index in [2.05, 4.69) is 11.8 Å². The van der Waals surface area contributed by atoms with Gasteiger partial charge in [0.05, 0.1) is 0 Å². The summed E-state index contributed by atoms with van der Waals surface area (Å²) < 4.78 is 0. The summed E-state index contributed by atoms with van der Waals surface area (Å²) in [7, 11) is 0. The average molecular weight is 253 g/mol. The standard InChI is InChI=1S/C13H19NO2S/c1-2-10-6-4-3-5-7-14(10)11-8-12(13(15)16)17-9-11/h8-10H,2-7H2,1H3,(H,15,16). The van der Waals surface area contributed by atoms with Gasteiger partial charge in [-0.2, -0.15) is 0 Å². The number of carbonyl (C=O) groups is 1. The molecule has 17 heavy (non-hydrogen) atoms. The van der Waals surface area contributed by atoms with Crippen molar-refractivity contribution in [1.82, 2.24) is 0 Å². The van der Waals surface area contributed by atoms with Gasteiger partial charge in [-0.3, -0.25) is 0 Å². The Hall–Kier alpha value is -1.03. The second-order valence-electron chi connectivity index (χ2n) is 4.58. The molecule has 94 valence electrons. The molecule has 0 aliphatic carbocycles. The van der Waals surface area contributed by atoms with Gasteiger partial charge in [0.25, 0.3) is 0 Å². The van der Waals surface area contributed by atoms with Crippen LogP contribution in [0.25, 0.3) is 0 Å². The third kappa shape index (κ3) is 2.80. The fraction of sp³-hybridized carbons (Fsp3) is 0.615. The molecule has 1 fully saturated rings. The van der Waals surface area contributed by atoms with Crippen molar-refractivity contribution < 1.29 is 9.90 Å². The van der Waals surface area contributed by atoms with E-state index in [0.29, 0.717) is 10.9 Å². The van der Waals surface area contributed by atoms with Gasteiger partial charge in [-0.05, 0) is 25.3 Å². The molecule has 2 rings (SSSR count). The minimum atomic E-state index is -0.816. The van der Waals surface area contributed by atoms with Crippen LogP contribution in [0.15, 0.2) is 11.4 Å². The van der Waals surface area contributed by atoms with Crippen molar-refractivity contribution in [2.75, 3.05) is 11.4 Å². The van der Waals surface area contributed by atoms with Crippen molar-refractivity contribution in [3.63, 3.8) is 0 Å². The monoisotopic (exact) mass is 253 g/mol. The molecule has 1 saturated heterocycles. The van der Waals surface area contributed by atoms with E-state index in [-0.39, 0.29) is 0 Å². The van der Waals surface area contributed by atoms with Crippen LogP contribution in [-0.2, 0) is 0 Å². The highest BCUT2D eigenvalue weighted by Gasteiger charge is 2.21. The fourth-order valence-electron chi connectivity index (χ4n) is 2.53. The number of aromatic carboxylic acids is 1. The van der Waals surface area contributed by atoms with E-state index in [1.54, 1.807) is 0 Å². The molecule has 0 bridgehead atoms. The Morgan fingerprint density at radius 1 is 1.53 bits per heavy atom. The average Bonchev–Trinajstić information content (AvgIpc) is 2.68. The highest BCUT2D eigenvalue weighted by Crippen LogP contribution is 2.29. The second-order valence-corrected chi connectivity index (χ2v) is 5.49. The maximum Gasteiger partial charge on any atom is 0.345 e. The lowest BCUT2D eigenvalue weighted by Crippen LogP contribution is -2.33. The lowest BCUT2D eigenvalue weighted by molar-refractivity contribution is 0.0702. The molecule has 3 nitrogen and oxygen atoms in total. The predicted molar refractivity (Wildman–Crippen MR) is 71.2 cm³/mol. The number of hydrogen-bond acceptors (Lipinski definition) is 3. The number of carboxylic acid groups (broad SMARTS) is 1. The molecule has 0 spiro atoms. The zero-order valence-electron chi connectivity index (χ0n) is 10.2. The van der Waals surface area contributed by atoms with E-state index in [1.807, 2.05) is 11.4 Å². The lowest BCUT2D eigenvalue weighted by atomic mass is 10.1. The summed E-state index contributed by atoms with van der Waals surface area (Å²) in [6.45, 7) is 3.28. The Bertz CT molecular complexity index is 389. The highest BCUT2D eigenvalue weighted by atomic mass is 32.1.